The van der Waals surface area contributed by atoms with Crippen molar-refractivity contribution in [3.8, 4) is 5.75 Å². The third kappa shape index (κ3) is 4.80. The number of aromatic nitrogens is 1. The third-order valence-corrected chi connectivity index (χ3v) is 4.95. The van der Waals surface area contributed by atoms with Crippen molar-refractivity contribution in [3.05, 3.63) is 59.3 Å². The molecule has 0 saturated heterocycles. The first-order valence-electron chi connectivity index (χ1n) is 9.63. The third-order valence-electron chi connectivity index (χ3n) is 4.95. The molecule has 0 atom stereocenters. The minimum absolute atomic E-state index is 0.0312. The van der Waals surface area contributed by atoms with Crippen molar-refractivity contribution >= 4 is 40.9 Å². The standard InChI is InChI=1S/C23H24N4O4/c1-15-7-9-17(10-8-15)25-12-18(26-24)13-31-22(29)11-19-16(2)27(14-28)20-5-4-6-21(30-3)23(19)20/h4-10,12,14H,11,13,24H2,1-3H3/b25-12?,26-18+. The quantitative estimate of drug-likeness (QED) is 0.198. The monoisotopic (exact) mass is 420 g/mol. The van der Waals surface area contributed by atoms with Crippen LogP contribution in [0.4, 0.5) is 5.69 Å². The summed E-state index contributed by atoms with van der Waals surface area (Å²) in [6.07, 6.45) is 2.15. The summed E-state index contributed by atoms with van der Waals surface area (Å²) in [5, 5.41) is 4.34. The molecule has 3 rings (SSSR count). The van der Waals surface area contributed by atoms with Gasteiger partial charge < -0.3 is 15.3 Å². The zero-order chi connectivity index (χ0) is 22.4. The van der Waals surface area contributed by atoms with Gasteiger partial charge in [-0.15, -0.1) is 0 Å². The van der Waals surface area contributed by atoms with Crippen LogP contribution in [0.2, 0.25) is 0 Å². The Morgan fingerprint density at radius 2 is 1.90 bits per heavy atom. The number of esters is 1. The van der Waals surface area contributed by atoms with Gasteiger partial charge in [-0.2, -0.15) is 5.10 Å². The van der Waals surface area contributed by atoms with Gasteiger partial charge in [-0.25, -0.2) is 0 Å². The number of hydrazone groups is 1. The number of nitrogens with zero attached hydrogens (tertiary/aromatic N) is 3. The van der Waals surface area contributed by atoms with Crippen LogP contribution in [0, 0.1) is 13.8 Å². The van der Waals surface area contributed by atoms with E-state index in [0.717, 1.165) is 11.3 Å². The molecule has 2 N–H and O–H groups in total. The molecule has 3 aromatic rings. The number of aliphatic imine (C=N–C) groups is 1. The number of fused-ring (bicyclic) bond motifs is 1. The molecular formula is C23H24N4O4. The summed E-state index contributed by atoms with van der Waals surface area (Å²) in [4.78, 5) is 28.4. The van der Waals surface area contributed by atoms with E-state index in [0.29, 0.717) is 40.0 Å². The first kappa shape index (κ1) is 21.8. The Labute approximate surface area is 180 Å². The smallest absolute Gasteiger partial charge is 0.310 e. The van der Waals surface area contributed by atoms with Crippen LogP contribution in [0.15, 0.2) is 52.6 Å². The van der Waals surface area contributed by atoms with Crippen molar-refractivity contribution in [1.29, 1.82) is 0 Å². The fourth-order valence-corrected chi connectivity index (χ4v) is 3.29. The van der Waals surface area contributed by atoms with E-state index < -0.39 is 5.97 Å². The summed E-state index contributed by atoms with van der Waals surface area (Å²) < 4.78 is 12.3. The predicted molar refractivity (Wildman–Crippen MR) is 121 cm³/mol. The van der Waals surface area contributed by atoms with E-state index in [1.807, 2.05) is 31.2 Å². The Balaban J connectivity index is 1.73. The molecular weight excluding hydrogens is 396 g/mol. The molecule has 0 amide bonds. The number of aryl methyl sites for hydroxylation is 1. The van der Waals surface area contributed by atoms with Crippen LogP contribution in [0.1, 0.15) is 16.8 Å². The summed E-state index contributed by atoms with van der Waals surface area (Å²) in [5.74, 6) is 5.50. The minimum atomic E-state index is -0.483. The maximum atomic E-state index is 12.5. The van der Waals surface area contributed by atoms with E-state index in [1.54, 1.807) is 32.2 Å². The number of hydrogen-bond donors (Lipinski definition) is 1. The van der Waals surface area contributed by atoms with E-state index in [1.165, 1.54) is 10.8 Å². The van der Waals surface area contributed by atoms with E-state index in [-0.39, 0.29) is 13.0 Å². The number of benzene rings is 2. The molecule has 0 unspecified atom stereocenters. The largest absolute Gasteiger partial charge is 0.496 e. The van der Waals surface area contributed by atoms with Crippen LogP contribution in [0.25, 0.3) is 10.9 Å². The van der Waals surface area contributed by atoms with Crippen molar-refractivity contribution in [2.45, 2.75) is 20.3 Å². The topological polar surface area (TPSA) is 108 Å². The SMILES string of the molecule is COc1cccc2c1c(CC(=O)OC/C(C=Nc1ccc(C)cc1)=N/N)c(C)n2C=O. The lowest BCUT2D eigenvalue weighted by Gasteiger charge is -2.07. The molecule has 0 aliphatic carbocycles. The molecule has 1 heterocycles. The molecule has 0 radical (unpaired) electrons. The zero-order valence-electron chi connectivity index (χ0n) is 17.7. The summed E-state index contributed by atoms with van der Waals surface area (Å²) in [6, 6.07) is 13.0. The lowest BCUT2D eigenvalue weighted by molar-refractivity contribution is -0.141. The number of nitrogens with two attached hydrogens (primary N) is 1. The Hall–Kier alpha value is -3.94. The van der Waals surface area contributed by atoms with E-state index in [9.17, 15) is 9.59 Å². The lowest BCUT2D eigenvalue weighted by atomic mass is 10.1. The molecule has 0 bridgehead atoms. The summed E-state index contributed by atoms with van der Waals surface area (Å²) in [5.41, 5.74) is 4.18. The highest BCUT2D eigenvalue weighted by Gasteiger charge is 2.20. The molecule has 31 heavy (non-hydrogen) atoms. The van der Waals surface area contributed by atoms with Gasteiger partial charge in [0.2, 0.25) is 6.41 Å². The van der Waals surface area contributed by atoms with Gasteiger partial charge in [0.05, 0.1) is 30.9 Å². The molecule has 0 saturated carbocycles. The van der Waals surface area contributed by atoms with Gasteiger partial charge in [-0.1, -0.05) is 23.8 Å². The van der Waals surface area contributed by atoms with Crippen LogP contribution in [0.5, 0.6) is 5.75 Å². The molecule has 1 aromatic heterocycles. The van der Waals surface area contributed by atoms with E-state index >= 15 is 0 Å². The van der Waals surface area contributed by atoms with E-state index in [4.69, 9.17) is 15.3 Å². The van der Waals surface area contributed by atoms with Crippen molar-refractivity contribution in [1.82, 2.24) is 4.57 Å². The molecule has 2 aromatic carbocycles. The molecule has 0 fully saturated rings. The van der Waals surface area contributed by atoms with Crippen LogP contribution in [-0.2, 0) is 20.7 Å². The zero-order valence-corrected chi connectivity index (χ0v) is 17.7. The second-order valence-electron chi connectivity index (χ2n) is 6.95. The Morgan fingerprint density at radius 1 is 1.16 bits per heavy atom. The van der Waals surface area contributed by atoms with Gasteiger partial charge in [0.25, 0.3) is 0 Å². The lowest BCUT2D eigenvalue weighted by Crippen LogP contribution is -2.18. The number of ether oxygens (including phenoxy) is 2. The van der Waals surface area contributed by atoms with Crippen molar-refractivity contribution in [3.63, 3.8) is 0 Å². The number of carbonyl (C=O) groups excluding carboxylic acids is 2. The van der Waals surface area contributed by atoms with Gasteiger partial charge in [-0.3, -0.25) is 19.1 Å². The van der Waals surface area contributed by atoms with Crippen LogP contribution >= 0.6 is 0 Å². The molecule has 8 nitrogen and oxygen atoms in total. The Kier molecular flexibility index (Phi) is 6.81. The summed E-state index contributed by atoms with van der Waals surface area (Å²) >= 11 is 0. The average Bonchev–Trinajstić information content (AvgIpc) is 3.05. The highest BCUT2D eigenvalue weighted by Crippen LogP contribution is 2.33. The van der Waals surface area contributed by atoms with Crippen LogP contribution in [-0.4, -0.2) is 42.6 Å². The molecule has 0 aliphatic heterocycles. The molecule has 0 spiro atoms. The summed E-state index contributed by atoms with van der Waals surface area (Å²) in [6.45, 7) is 3.65. The molecule has 0 aliphatic rings. The van der Waals surface area contributed by atoms with E-state index in [2.05, 4.69) is 10.1 Å². The second kappa shape index (κ2) is 9.71. The number of hydrogen-bond acceptors (Lipinski definition) is 7. The number of rotatable bonds is 8. The molecule has 8 heteroatoms. The van der Waals surface area contributed by atoms with Gasteiger partial charge in [0.15, 0.2) is 0 Å². The van der Waals surface area contributed by atoms with Crippen molar-refractivity contribution in [2.75, 3.05) is 13.7 Å². The second-order valence-corrected chi connectivity index (χ2v) is 6.95. The highest BCUT2D eigenvalue weighted by atomic mass is 16.5. The van der Waals surface area contributed by atoms with Crippen LogP contribution in [0.3, 0.4) is 0 Å². The maximum Gasteiger partial charge on any atom is 0.310 e. The van der Waals surface area contributed by atoms with Crippen molar-refractivity contribution < 1.29 is 19.1 Å². The highest BCUT2D eigenvalue weighted by molar-refractivity contribution is 6.31. The average molecular weight is 420 g/mol. The number of carbonyl (C=O) groups is 2. The van der Waals surface area contributed by atoms with Crippen molar-refractivity contribution in [2.24, 2.45) is 15.9 Å². The van der Waals surface area contributed by atoms with Gasteiger partial charge in [0.1, 0.15) is 18.1 Å². The van der Waals surface area contributed by atoms with Gasteiger partial charge in [0, 0.05) is 11.1 Å². The Morgan fingerprint density at radius 3 is 2.55 bits per heavy atom. The Bertz CT molecular complexity index is 1160. The fraction of sp³-hybridized carbons (Fsp3) is 0.217. The van der Waals surface area contributed by atoms with Crippen LogP contribution < -0.4 is 10.6 Å². The van der Waals surface area contributed by atoms with Gasteiger partial charge >= 0.3 is 5.97 Å². The summed E-state index contributed by atoms with van der Waals surface area (Å²) in [7, 11) is 1.54. The first-order chi connectivity index (χ1) is 15.0. The van der Waals surface area contributed by atoms with Gasteiger partial charge in [-0.05, 0) is 43.7 Å². The predicted octanol–water partition coefficient (Wildman–Crippen LogP) is 3.11. The molecule has 160 valence electrons. The first-order valence-corrected chi connectivity index (χ1v) is 9.63. The minimum Gasteiger partial charge on any atom is -0.496 e. The number of methoxy groups -OCH3 is 1. The normalized spacial score (nSPS) is 11.8. The maximum absolute atomic E-state index is 12.5. The fourth-order valence-electron chi connectivity index (χ4n) is 3.29.